The van der Waals surface area contributed by atoms with Gasteiger partial charge in [0, 0.05) is 23.8 Å². The highest BCUT2D eigenvalue weighted by molar-refractivity contribution is 7.38. The standard InChI is InChI=1S/C27H31FNO5P/c1-17(2)27-23(11-12-34-26(31)14-21(30)16-35(32)33)24(22-10-9-20(28)13-18(22)3)15-25(29-27)19-7-5-4-6-8-19/h4-10,13,15,17,21,30,35H,11-12,14,16H2,1-3H3,(H,32,33). The van der Waals surface area contributed by atoms with E-state index in [1.807, 2.05) is 57.2 Å². The number of pyridine rings is 1. The smallest absolute Gasteiger partial charge is 0.308 e. The molecule has 0 amide bonds. The second-order valence-electron chi connectivity index (χ2n) is 8.83. The van der Waals surface area contributed by atoms with Crippen molar-refractivity contribution in [1.29, 1.82) is 0 Å². The Kier molecular flexibility index (Phi) is 9.33. The molecular formula is C27H31FNO5P. The minimum absolute atomic E-state index is 0.0548. The summed E-state index contributed by atoms with van der Waals surface area (Å²) in [4.78, 5) is 26.0. The SMILES string of the molecule is Cc1cc(F)ccc1-c1cc(-c2ccccc2)nc(C(C)C)c1CCOC(=O)CC(O)C[PH](=O)O. The number of esters is 1. The highest BCUT2D eigenvalue weighted by Gasteiger charge is 2.20. The Labute approximate surface area is 205 Å². The van der Waals surface area contributed by atoms with Crippen molar-refractivity contribution in [3.8, 4) is 22.4 Å². The van der Waals surface area contributed by atoms with Gasteiger partial charge in [-0.05, 0) is 53.3 Å². The summed E-state index contributed by atoms with van der Waals surface area (Å²) in [7, 11) is -2.87. The molecule has 2 N–H and O–H groups in total. The van der Waals surface area contributed by atoms with E-state index in [2.05, 4.69) is 0 Å². The van der Waals surface area contributed by atoms with Crippen molar-refractivity contribution in [2.45, 2.75) is 45.6 Å². The number of hydrogen-bond donors (Lipinski definition) is 2. The van der Waals surface area contributed by atoms with Crippen LogP contribution in [0.15, 0.2) is 54.6 Å². The van der Waals surface area contributed by atoms with E-state index in [0.29, 0.717) is 6.42 Å². The topological polar surface area (TPSA) is 96.7 Å². The van der Waals surface area contributed by atoms with E-state index < -0.39 is 20.1 Å². The van der Waals surface area contributed by atoms with Gasteiger partial charge in [-0.3, -0.25) is 14.3 Å². The van der Waals surface area contributed by atoms with Crippen molar-refractivity contribution in [3.63, 3.8) is 0 Å². The number of benzene rings is 2. The molecule has 3 rings (SSSR count). The number of carbonyl (C=O) groups is 1. The molecule has 0 bridgehead atoms. The number of aromatic nitrogens is 1. The zero-order valence-electron chi connectivity index (χ0n) is 20.1. The van der Waals surface area contributed by atoms with Crippen molar-refractivity contribution in [2.75, 3.05) is 12.8 Å². The lowest BCUT2D eigenvalue weighted by Crippen LogP contribution is -2.19. The van der Waals surface area contributed by atoms with Gasteiger partial charge >= 0.3 is 5.97 Å². The predicted molar refractivity (Wildman–Crippen MR) is 135 cm³/mol. The number of aryl methyl sites for hydroxylation is 1. The normalized spacial score (nSPS) is 13.0. The number of rotatable bonds is 10. The fourth-order valence-electron chi connectivity index (χ4n) is 4.05. The van der Waals surface area contributed by atoms with Gasteiger partial charge in [0.25, 0.3) is 0 Å². The number of nitrogens with zero attached hydrogens (tertiary/aromatic N) is 1. The van der Waals surface area contributed by atoms with Crippen LogP contribution < -0.4 is 0 Å². The average molecular weight is 500 g/mol. The Bertz CT molecular complexity index is 1200. The molecule has 35 heavy (non-hydrogen) atoms. The van der Waals surface area contributed by atoms with E-state index in [-0.39, 0.29) is 30.9 Å². The van der Waals surface area contributed by atoms with Crippen LogP contribution in [-0.4, -0.2) is 39.8 Å². The summed E-state index contributed by atoms with van der Waals surface area (Å²) in [5, 5.41) is 9.73. The van der Waals surface area contributed by atoms with E-state index in [9.17, 15) is 18.9 Å². The molecule has 1 heterocycles. The molecule has 0 radical (unpaired) electrons. The molecule has 2 atom stereocenters. The van der Waals surface area contributed by atoms with Crippen LogP contribution in [0.1, 0.15) is 43.0 Å². The van der Waals surface area contributed by atoms with Crippen LogP contribution in [0.3, 0.4) is 0 Å². The van der Waals surface area contributed by atoms with Gasteiger partial charge in [0.15, 0.2) is 8.03 Å². The number of aliphatic hydroxyl groups is 1. The number of carbonyl (C=O) groups excluding carboxylic acids is 1. The number of halogens is 1. The maximum Gasteiger partial charge on any atom is 0.308 e. The molecule has 0 saturated heterocycles. The Morgan fingerprint density at radius 3 is 2.46 bits per heavy atom. The highest BCUT2D eigenvalue weighted by atomic mass is 31.1. The first-order valence-corrected chi connectivity index (χ1v) is 13.1. The third-order valence-electron chi connectivity index (χ3n) is 5.68. The molecule has 186 valence electrons. The van der Waals surface area contributed by atoms with Gasteiger partial charge in [0.1, 0.15) is 5.82 Å². The van der Waals surface area contributed by atoms with Crippen LogP contribution in [0.25, 0.3) is 22.4 Å². The molecule has 3 aromatic rings. The largest absolute Gasteiger partial charge is 0.465 e. The molecule has 0 aliphatic carbocycles. The van der Waals surface area contributed by atoms with Crippen LogP contribution in [0.5, 0.6) is 0 Å². The summed E-state index contributed by atoms with van der Waals surface area (Å²) in [6.45, 7) is 6.00. The maximum atomic E-state index is 13.9. The molecule has 8 heteroatoms. The van der Waals surface area contributed by atoms with Gasteiger partial charge in [-0.2, -0.15) is 0 Å². The zero-order valence-corrected chi connectivity index (χ0v) is 21.1. The fraction of sp³-hybridized carbons (Fsp3) is 0.333. The first-order chi connectivity index (χ1) is 16.7. The van der Waals surface area contributed by atoms with Crippen molar-refractivity contribution >= 4 is 14.0 Å². The van der Waals surface area contributed by atoms with Crippen LogP contribution in [0.4, 0.5) is 4.39 Å². The average Bonchev–Trinajstić information content (AvgIpc) is 2.79. The first-order valence-electron chi connectivity index (χ1n) is 11.6. The predicted octanol–water partition coefficient (Wildman–Crippen LogP) is 5.29. The molecule has 1 aromatic heterocycles. The summed E-state index contributed by atoms with van der Waals surface area (Å²) < 4.78 is 30.1. The van der Waals surface area contributed by atoms with Gasteiger partial charge in [-0.25, -0.2) is 4.39 Å². The third-order valence-corrected chi connectivity index (χ3v) is 6.50. The second kappa shape index (κ2) is 12.2. The summed E-state index contributed by atoms with van der Waals surface area (Å²) in [6, 6.07) is 16.5. The Balaban J connectivity index is 1.97. The molecule has 0 spiro atoms. The molecule has 2 aromatic carbocycles. The maximum absolute atomic E-state index is 13.9. The molecule has 6 nitrogen and oxygen atoms in total. The lowest BCUT2D eigenvalue weighted by molar-refractivity contribution is -0.145. The van der Waals surface area contributed by atoms with E-state index in [0.717, 1.165) is 39.2 Å². The molecule has 0 aliphatic heterocycles. The Hall–Kier alpha value is -2.86. The Morgan fingerprint density at radius 1 is 1.11 bits per heavy atom. The number of ether oxygens (including phenoxy) is 1. The van der Waals surface area contributed by atoms with Gasteiger partial charge in [-0.15, -0.1) is 0 Å². The molecule has 0 aliphatic rings. The van der Waals surface area contributed by atoms with Crippen molar-refractivity contribution in [1.82, 2.24) is 4.98 Å². The molecule has 0 fully saturated rings. The summed E-state index contributed by atoms with van der Waals surface area (Å²) in [5.41, 5.74) is 6.09. The minimum atomic E-state index is -2.87. The third kappa shape index (κ3) is 7.31. The van der Waals surface area contributed by atoms with Gasteiger partial charge in [0.2, 0.25) is 0 Å². The van der Waals surface area contributed by atoms with E-state index in [1.165, 1.54) is 12.1 Å². The summed E-state index contributed by atoms with van der Waals surface area (Å²) in [5.74, 6) is -0.875. The Morgan fingerprint density at radius 2 is 1.83 bits per heavy atom. The van der Waals surface area contributed by atoms with Gasteiger partial charge in [-0.1, -0.05) is 50.2 Å². The highest BCUT2D eigenvalue weighted by Crippen LogP contribution is 2.35. The monoisotopic (exact) mass is 499 g/mol. The van der Waals surface area contributed by atoms with Gasteiger partial charge < -0.3 is 14.7 Å². The van der Waals surface area contributed by atoms with E-state index in [1.54, 1.807) is 6.07 Å². The number of aliphatic hydroxyl groups excluding tert-OH is 1. The van der Waals surface area contributed by atoms with Crippen molar-refractivity contribution in [3.05, 3.63) is 77.2 Å². The van der Waals surface area contributed by atoms with E-state index in [4.69, 9.17) is 14.6 Å². The quantitative estimate of drug-likeness (QED) is 0.291. The van der Waals surface area contributed by atoms with Crippen LogP contribution >= 0.6 is 8.03 Å². The lowest BCUT2D eigenvalue weighted by atomic mass is 9.89. The first kappa shape index (κ1) is 26.7. The molecular weight excluding hydrogens is 468 g/mol. The zero-order chi connectivity index (χ0) is 25.5. The molecule has 2 unspecified atom stereocenters. The van der Waals surface area contributed by atoms with E-state index >= 15 is 0 Å². The molecule has 0 saturated carbocycles. The minimum Gasteiger partial charge on any atom is -0.465 e. The van der Waals surface area contributed by atoms with Crippen LogP contribution in [0, 0.1) is 12.7 Å². The van der Waals surface area contributed by atoms with Crippen molar-refractivity contribution < 1.29 is 28.5 Å². The summed E-state index contributed by atoms with van der Waals surface area (Å²) >= 11 is 0. The summed E-state index contributed by atoms with van der Waals surface area (Å²) in [6.07, 6.45) is -1.52. The fourth-order valence-corrected chi connectivity index (χ4v) is 4.60. The van der Waals surface area contributed by atoms with Crippen LogP contribution in [-0.2, 0) is 20.5 Å². The lowest BCUT2D eigenvalue weighted by Gasteiger charge is -2.20. The van der Waals surface area contributed by atoms with Crippen LogP contribution in [0.2, 0.25) is 0 Å². The number of hydrogen-bond acceptors (Lipinski definition) is 5. The second-order valence-corrected chi connectivity index (χ2v) is 10.0. The van der Waals surface area contributed by atoms with Crippen molar-refractivity contribution in [2.24, 2.45) is 0 Å². The van der Waals surface area contributed by atoms with Gasteiger partial charge in [0.05, 0.1) is 24.8 Å².